The highest BCUT2D eigenvalue weighted by atomic mass is 35.5. The molecule has 3 unspecified atom stereocenters. The van der Waals surface area contributed by atoms with Crippen LogP contribution in [0.2, 0.25) is 0 Å². The Morgan fingerprint density at radius 2 is 1.57 bits per heavy atom. The summed E-state index contributed by atoms with van der Waals surface area (Å²) in [5.41, 5.74) is -3.77. The molecular weight excluding hydrogens is 811 g/mol. The van der Waals surface area contributed by atoms with Crippen LogP contribution in [0.4, 0.5) is 4.39 Å². The monoisotopic (exact) mass is 858 g/mol. The van der Waals surface area contributed by atoms with Crippen molar-refractivity contribution in [2.45, 2.75) is 87.2 Å². The summed E-state index contributed by atoms with van der Waals surface area (Å²) in [5.74, 6) is -16.5. The topological polar surface area (TPSA) is 287 Å². The number of nitrogens with zero attached hydrogens (tertiary/aromatic N) is 1. The molecule has 6 saturated carbocycles. The molecule has 324 valence electrons. The minimum absolute atomic E-state index is 0.00377. The van der Waals surface area contributed by atoms with Gasteiger partial charge in [0.25, 0.3) is 0 Å². The second kappa shape index (κ2) is 14.3. The Bertz CT molecular complexity index is 2170. The van der Waals surface area contributed by atoms with E-state index in [1.54, 1.807) is 13.8 Å². The molecule has 0 aromatic carbocycles. The number of ketones is 7. The van der Waals surface area contributed by atoms with Gasteiger partial charge in [-0.25, -0.2) is 4.39 Å². The van der Waals surface area contributed by atoms with Gasteiger partial charge in [0.2, 0.25) is 5.91 Å². The zero-order valence-corrected chi connectivity index (χ0v) is 34.0. The maximum atomic E-state index is 16.8. The van der Waals surface area contributed by atoms with Gasteiger partial charge in [-0.15, -0.1) is 0 Å². The molecule has 0 aromatic heterocycles. The van der Waals surface area contributed by atoms with E-state index in [2.05, 4.69) is 0 Å². The number of hydrogen-bond donors (Lipinski definition) is 7. The summed E-state index contributed by atoms with van der Waals surface area (Å²) in [7, 11) is 2.94. The van der Waals surface area contributed by atoms with Gasteiger partial charge in [0.1, 0.15) is 12.5 Å². The van der Waals surface area contributed by atoms with E-state index in [4.69, 9.17) is 17.3 Å². The predicted molar refractivity (Wildman–Crippen MR) is 204 cm³/mol. The first-order chi connectivity index (χ1) is 27.8. The number of carbonyl (C=O) groups is 8. The largest absolute Gasteiger partial charge is 0.390 e. The van der Waals surface area contributed by atoms with Crippen LogP contribution < -0.4 is 5.73 Å². The maximum absolute atomic E-state index is 16.8. The Balaban J connectivity index is 0.000000183. The summed E-state index contributed by atoms with van der Waals surface area (Å²) in [6, 6.07) is -1.25. The van der Waals surface area contributed by atoms with Crippen molar-refractivity contribution in [3.63, 3.8) is 0 Å². The number of fused-ring (bicyclic) bond motifs is 8. The summed E-state index contributed by atoms with van der Waals surface area (Å²) in [6.45, 7) is 2.33. The lowest BCUT2D eigenvalue weighted by Crippen LogP contribution is -2.75. The Labute approximate surface area is 348 Å². The van der Waals surface area contributed by atoms with Crippen LogP contribution in [-0.4, -0.2) is 144 Å². The quantitative estimate of drug-likeness (QED) is 0.159. The predicted octanol–water partition coefficient (Wildman–Crippen LogP) is -1.47. The lowest BCUT2D eigenvalue weighted by atomic mass is 9.44. The van der Waals surface area contributed by atoms with E-state index in [0.717, 1.165) is 6.08 Å². The van der Waals surface area contributed by atoms with E-state index >= 15 is 4.39 Å². The molecule has 16 atom stereocenters. The van der Waals surface area contributed by atoms with Crippen LogP contribution >= 0.6 is 11.6 Å². The number of nitrogens with two attached hydrogens (primary N) is 1. The molecule has 0 saturated heterocycles. The highest BCUT2D eigenvalue weighted by molar-refractivity contribution is 6.35. The first-order valence-electron chi connectivity index (χ1n) is 19.8. The zero-order valence-electron chi connectivity index (χ0n) is 33.2. The summed E-state index contributed by atoms with van der Waals surface area (Å²) < 4.78 is 16.8. The number of alkyl halides is 1. The molecule has 16 nitrogen and oxygen atoms in total. The second-order valence-electron chi connectivity index (χ2n) is 18.3. The molecule has 8 aliphatic rings. The first kappa shape index (κ1) is 44.1. The van der Waals surface area contributed by atoms with Crippen molar-refractivity contribution >= 4 is 58.0 Å². The Morgan fingerprint density at radius 3 is 2.17 bits per heavy atom. The van der Waals surface area contributed by atoms with Crippen LogP contribution in [0.15, 0.2) is 46.6 Å². The van der Waals surface area contributed by atoms with E-state index in [-0.39, 0.29) is 35.7 Å². The SMILES string of the molecule is CN(C)[C@@H]1C(=O)C(C(N)=O)C(=O)[C@]2(O)C(=O)C3C(=O)C4C(=O)C=CC(Cl)=C4[C@@H](O)[C@H]3C[C@@H]12.C[C@@]12C=CC(=O)C=C1CC[C@H]1[C@@H]3C[C@@H](O)[C@@](O)(C(=O)CO)[C@]3(C)C[C@H](O)[C@]12F. The van der Waals surface area contributed by atoms with Gasteiger partial charge in [-0.05, 0) is 88.9 Å². The van der Waals surface area contributed by atoms with Crippen LogP contribution in [0.1, 0.15) is 46.0 Å². The van der Waals surface area contributed by atoms with E-state index < -0.39 is 141 Å². The van der Waals surface area contributed by atoms with Gasteiger partial charge in [0.15, 0.2) is 63.3 Å². The molecule has 0 spiro atoms. The number of Topliss-reactive ketones (excluding diaryl/α,β-unsaturated/α-hetero) is 5. The molecule has 8 N–H and O–H groups in total. The van der Waals surface area contributed by atoms with E-state index in [9.17, 15) is 69.0 Å². The smallest absolute Gasteiger partial charge is 0.235 e. The molecule has 6 fully saturated rings. The van der Waals surface area contributed by atoms with Crippen molar-refractivity contribution in [1.29, 1.82) is 0 Å². The minimum atomic E-state index is -2.85. The molecule has 18 heteroatoms. The average Bonchev–Trinajstić information content (AvgIpc) is 3.37. The number of hydrogen-bond acceptors (Lipinski definition) is 15. The van der Waals surface area contributed by atoms with Gasteiger partial charge in [0, 0.05) is 33.6 Å². The van der Waals surface area contributed by atoms with Crippen LogP contribution in [-0.2, 0) is 38.4 Å². The van der Waals surface area contributed by atoms with E-state index in [1.807, 2.05) is 0 Å². The number of aliphatic hydroxyl groups excluding tert-OH is 4. The fourth-order valence-corrected chi connectivity index (χ4v) is 12.9. The van der Waals surface area contributed by atoms with Gasteiger partial charge in [-0.2, -0.15) is 0 Å². The molecule has 0 radical (unpaired) electrons. The van der Waals surface area contributed by atoms with Gasteiger partial charge in [-0.3, -0.25) is 43.3 Å². The van der Waals surface area contributed by atoms with Crippen molar-refractivity contribution in [2.24, 2.45) is 58.0 Å². The molecular formula is C42H48ClFN2O14. The number of halogens is 2. The molecule has 1 amide bonds. The van der Waals surface area contributed by atoms with Crippen LogP contribution in [0, 0.1) is 52.3 Å². The highest BCUT2D eigenvalue weighted by Gasteiger charge is 2.76. The maximum Gasteiger partial charge on any atom is 0.235 e. The third kappa shape index (κ3) is 5.45. The molecule has 0 bridgehead atoms. The fraction of sp³-hybridized carbons (Fsp3) is 0.619. The van der Waals surface area contributed by atoms with Crippen molar-refractivity contribution in [3.05, 3.63) is 46.6 Å². The van der Waals surface area contributed by atoms with Crippen molar-refractivity contribution in [1.82, 2.24) is 4.90 Å². The van der Waals surface area contributed by atoms with Gasteiger partial charge >= 0.3 is 0 Å². The lowest BCUT2D eigenvalue weighted by Gasteiger charge is -2.62. The molecule has 0 heterocycles. The number of carbonyl (C=O) groups excluding carboxylic acids is 8. The highest BCUT2D eigenvalue weighted by Crippen LogP contribution is 2.69. The van der Waals surface area contributed by atoms with Crippen molar-refractivity contribution < 1.29 is 73.4 Å². The molecule has 60 heavy (non-hydrogen) atoms. The van der Waals surface area contributed by atoms with Crippen molar-refractivity contribution in [2.75, 3.05) is 20.7 Å². The number of amides is 1. The lowest BCUT2D eigenvalue weighted by molar-refractivity contribution is -0.222. The second-order valence-corrected chi connectivity index (χ2v) is 18.7. The number of allylic oxidation sites excluding steroid dienone is 7. The third-order valence-electron chi connectivity index (χ3n) is 15.6. The minimum Gasteiger partial charge on any atom is -0.390 e. The normalized spacial score (nSPS) is 46.7. The summed E-state index contributed by atoms with van der Waals surface area (Å²) in [4.78, 5) is 103. The summed E-state index contributed by atoms with van der Waals surface area (Å²) in [6.07, 6.45) is 2.48. The number of likely N-dealkylation sites (N-methyl/N-ethyl adjacent to an activating group) is 1. The average molecular weight is 859 g/mol. The third-order valence-corrected chi connectivity index (χ3v) is 15.9. The Morgan fingerprint density at radius 1 is 0.917 bits per heavy atom. The molecule has 0 aliphatic heterocycles. The van der Waals surface area contributed by atoms with Crippen LogP contribution in [0.5, 0.6) is 0 Å². The zero-order chi connectivity index (χ0) is 44.6. The number of aliphatic hydroxyl groups is 6. The Hall–Kier alpha value is -3.94. The molecule has 8 aliphatic carbocycles. The van der Waals surface area contributed by atoms with Crippen LogP contribution in [0.3, 0.4) is 0 Å². The first-order valence-corrected chi connectivity index (χ1v) is 20.2. The van der Waals surface area contributed by atoms with Gasteiger partial charge < -0.3 is 36.4 Å². The molecule has 8 rings (SSSR count). The summed E-state index contributed by atoms with van der Waals surface area (Å²) in [5, 5.41) is 64.5. The fourth-order valence-electron chi connectivity index (χ4n) is 12.6. The standard InChI is InChI=1S/C21H21ClN2O8.C21H27FO6/c1-24(2)14-7-5-6-10(16(27)12-9(25)4-3-8(22)11(12)15(6)26)18(29)21(7,32)19(30)13(17(14)28)20(23)31;1-18-6-5-12(24)7-11(18)3-4-13-14-8-15(25)21(28,17(27)10-23)19(14,2)9-16(26)20(13,18)22/h3-4,6-7,10,12-15,26,32H,5H2,1-2H3,(H2,23,31);5-7,13-16,23,25-26,28H,3-4,8-10H2,1-2H3/t6-,7-,10?,12?,13?,14-,15-,21+;13-,14-,15+,16-,18+,19+,20+,21+/m00/s1. The van der Waals surface area contributed by atoms with Crippen LogP contribution in [0.25, 0.3) is 0 Å². The number of primary amides is 1. The molecule has 0 aromatic rings. The van der Waals surface area contributed by atoms with E-state index in [0.29, 0.717) is 18.4 Å². The summed E-state index contributed by atoms with van der Waals surface area (Å²) >= 11 is 6.15. The Kier molecular flexibility index (Phi) is 10.5. The van der Waals surface area contributed by atoms with Gasteiger partial charge in [-0.1, -0.05) is 30.2 Å². The van der Waals surface area contributed by atoms with Gasteiger partial charge in [0.05, 0.1) is 30.3 Å². The van der Waals surface area contributed by atoms with E-state index in [1.165, 1.54) is 43.3 Å². The van der Waals surface area contributed by atoms with Crippen molar-refractivity contribution in [3.8, 4) is 0 Å². The number of rotatable bonds is 4.